The van der Waals surface area contributed by atoms with Gasteiger partial charge in [0, 0.05) is 13.1 Å². The third-order valence-corrected chi connectivity index (χ3v) is 5.45. The van der Waals surface area contributed by atoms with E-state index >= 15 is 0 Å². The SMILES string of the molecule is O=c1[nH]c2ncnc(N3CCC(CCP(=O)(O)O)CC3)c2cc1Cl. The lowest BCUT2D eigenvalue weighted by Gasteiger charge is -2.33. The molecule has 24 heavy (non-hydrogen) atoms. The van der Waals surface area contributed by atoms with E-state index in [9.17, 15) is 9.36 Å². The van der Waals surface area contributed by atoms with Crippen LogP contribution in [0.5, 0.6) is 0 Å². The van der Waals surface area contributed by atoms with E-state index in [2.05, 4.69) is 19.9 Å². The van der Waals surface area contributed by atoms with Crippen molar-refractivity contribution in [1.82, 2.24) is 15.0 Å². The zero-order chi connectivity index (χ0) is 17.3. The van der Waals surface area contributed by atoms with Gasteiger partial charge in [-0.05, 0) is 31.2 Å². The fourth-order valence-electron chi connectivity index (χ4n) is 3.01. The van der Waals surface area contributed by atoms with Crippen LogP contribution in [0, 0.1) is 5.92 Å². The predicted molar refractivity (Wildman–Crippen MR) is 91.6 cm³/mol. The summed E-state index contributed by atoms with van der Waals surface area (Å²) in [5.41, 5.74) is 0.0583. The molecule has 10 heteroatoms. The van der Waals surface area contributed by atoms with Gasteiger partial charge in [0.05, 0.1) is 11.5 Å². The molecule has 130 valence electrons. The minimum absolute atomic E-state index is 0.0645. The minimum atomic E-state index is -3.93. The molecule has 0 bridgehead atoms. The van der Waals surface area contributed by atoms with E-state index in [1.165, 1.54) is 6.33 Å². The zero-order valence-corrected chi connectivity index (χ0v) is 14.5. The average molecular weight is 373 g/mol. The van der Waals surface area contributed by atoms with Crippen LogP contribution in [0.4, 0.5) is 5.82 Å². The summed E-state index contributed by atoms with van der Waals surface area (Å²) in [6.07, 6.45) is 3.54. The van der Waals surface area contributed by atoms with Crippen molar-refractivity contribution >= 4 is 36.0 Å². The Hall–Kier alpha value is -1.47. The number of aromatic nitrogens is 3. The smallest absolute Gasteiger partial charge is 0.325 e. The number of hydrogen-bond acceptors (Lipinski definition) is 5. The number of nitrogens with zero attached hydrogens (tertiary/aromatic N) is 3. The van der Waals surface area contributed by atoms with E-state index in [4.69, 9.17) is 21.4 Å². The van der Waals surface area contributed by atoms with Gasteiger partial charge in [-0.25, -0.2) is 9.97 Å². The lowest BCUT2D eigenvalue weighted by molar-refractivity contribution is 0.350. The first-order chi connectivity index (χ1) is 11.3. The molecule has 0 amide bonds. The fourth-order valence-corrected chi connectivity index (χ4v) is 3.87. The van der Waals surface area contributed by atoms with Crippen LogP contribution in [-0.4, -0.2) is 44.0 Å². The minimum Gasteiger partial charge on any atom is -0.356 e. The summed E-state index contributed by atoms with van der Waals surface area (Å²) in [4.78, 5) is 42.7. The standard InChI is InChI=1S/C14H18ClN4O4P/c15-11-7-10-12(18-14(11)20)16-8-17-13(10)19-4-1-9(2-5-19)3-6-24(21,22)23/h7-9H,1-6H2,(H2,21,22,23)(H,16,17,18,20). The quantitative estimate of drug-likeness (QED) is 0.699. The fraction of sp³-hybridized carbons (Fsp3) is 0.500. The number of pyridine rings is 1. The van der Waals surface area contributed by atoms with E-state index in [1.807, 2.05) is 0 Å². The summed E-state index contributed by atoms with van der Waals surface area (Å²) in [5, 5.41) is 0.783. The van der Waals surface area contributed by atoms with E-state index in [0.717, 1.165) is 25.9 Å². The molecule has 2 aromatic rings. The lowest BCUT2D eigenvalue weighted by atomic mass is 9.94. The second kappa shape index (κ2) is 6.80. The van der Waals surface area contributed by atoms with Crippen molar-refractivity contribution in [1.29, 1.82) is 0 Å². The molecular weight excluding hydrogens is 355 g/mol. The van der Waals surface area contributed by atoms with Crippen LogP contribution in [0.15, 0.2) is 17.2 Å². The third-order valence-electron chi connectivity index (χ3n) is 4.33. The number of anilines is 1. The Balaban J connectivity index is 1.75. The Morgan fingerprint density at radius 1 is 1.33 bits per heavy atom. The van der Waals surface area contributed by atoms with Crippen LogP contribution in [0.2, 0.25) is 5.02 Å². The van der Waals surface area contributed by atoms with Crippen LogP contribution >= 0.6 is 19.2 Å². The monoisotopic (exact) mass is 372 g/mol. The van der Waals surface area contributed by atoms with Gasteiger partial charge >= 0.3 is 7.60 Å². The first kappa shape index (κ1) is 17.4. The first-order valence-corrected chi connectivity index (χ1v) is 9.84. The number of rotatable bonds is 4. The Kier molecular flexibility index (Phi) is 4.92. The van der Waals surface area contributed by atoms with Crippen LogP contribution in [0.25, 0.3) is 11.0 Å². The largest absolute Gasteiger partial charge is 0.356 e. The Bertz CT molecular complexity index is 844. The predicted octanol–water partition coefficient (Wildman–Crippen LogP) is 1.76. The molecule has 3 N–H and O–H groups in total. The van der Waals surface area contributed by atoms with Crippen LogP contribution in [-0.2, 0) is 4.57 Å². The van der Waals surface area contributed by atoms with E-state index in [0.29, 0.717) is 29.2 Å². The van der Waals surface area contributed by atoms with Gasteiger partial charge in [-0.1, -0.05) is 11.6 Å². The summed E-state index contributed by atoms with van der Waals surface area (Å²) >= 11 is 5.91. The molecule has 3 heterocycles. The molecule has 0 saturated carbocycles. The molecule has 8 nitrogen and oxygen atoms in total. The van der Waals surface area contributed by atoms with Crippen molar-refractivity contribution in [2.45, 2.75) is 19.3 Å². The van der Waals surface area contributed by atoms with Gasteiger partial charge in [0.1, 0.15) is 22.8 Å². The van der Waals surface area contributed by atoms with Crippen molar-refractivity contribution in [2.24, 2.45) is 5.92 Å². The van der Waals surface area contributed by atoms with Crippen molar-refractivity contribution in [3.63, 3.8) is 0 Å². The second-order valence-electron chi connectivity index (χ2n) is 6.01. The summed E-state index contributed by atoms with van der Waals surface area (Å²) in [6, 6.07) is 1.57. The third kappa shape index (κ3) is 3.95. The van der Waals surface area contributed by atoms with Crippen molar-refractivity contribution < 1.29 is 14.4 Å². The molecule has 2 aromatic heterocycles. The molecule has 1 saturated heterocycles. The molecule has 0 aromatic carbocycles. The molecule has 0 aliphatic carbocycles. The van der Waals surface area contributed by atoms with Gasteiger partial charge in [-0.3, -0.25) is 9.36 Å². The summed E-state index contributed by atoms with van der Waals surface area (Å²) < 4.78 is 11.0. The molecule has 0 radical (unpaired) electrons. The zero-order valence-electron chi connectivity index (χ0n) is 12.9. The highest BCUT2D eigenvalue weighted by molar-refractivity contribution is 7.51. The molecule has 1 aliphatic heterocycles. The highest BCUT2D eigenvalue weighted by Gasteiger charge is 2.24. The van der Waals surface area contributed by atoms with Gasteiger partial charge < -0.3 is 19.7 Å². The van der Waals surface area contributed by atoms with E-state index < -0.39 is 7.60 Å². The lowest BCUT2D eigenvalue weighted by Crippen LogP contribution is -2.34. The molecule has 3 rings (SSSR count). The Morgan fingerprint density at radius 2 is 2.04 bits per heavy atom. The molecule has 0 spiro atoms. The van der Waals surface area contributed by atoms with Gasteiger partial charge in [-0.2, -0.15) is 0 Å². The van der Waals surface area contributed by atoms with E-state index in [1.54, 1.807) is 6.07 Å². The van der Waals surface area contributed by atoms with Crippen LogP contribution in [0.1, 0.15) is 19.3 Å². The molecule has 0 atom stereocenters. The van der Waals surface area contributed by atoms with Gasteiger partial charge in [0.2, 0.25) is 0 Å². The number of fused-ring (bicyclic) bond motifs is 1. The molecule has 0 unspecified atom stereocenters. The summed E-state index contributed by atoms with van der Waals surface area (Å²) in [5.74, 6) is 1.01. The maximum Gasteiger partial charge on any atom is 0.325 e. The number of H-pyrrole nitrogens is 1. The number of aromatic amines is 1. The highest BCUT2D eigenvalue weighted by atomic mass is 35.5. The Labute approximate surface area is 143 Å². The number of hydrogen-bond donors (Lipinski definition) is 3. The summed E-state index contributed by atoms with van der Waals surface area (Å²) in [7, 11) is -3.93. The summed E-state index contributed by atoms with van der Waals surface area (Å²) in [6.45, 7) is 1.46. The van der Waals surface area contributed by atoms with Crippen molar-refractivity contribution in [2.75, 3.05) is 24.2 Å². The van der Waals surface area contributed by atoms with Gasteiger partial charge in [0.25, 0.3) is 5.56 Å². The average Bonchev–Trinajstić information content (AvgIpc) is 2.53. The number of nitrogens with one attached hydrogen (secondary N) is 1. The van der Waals surface area contributed by atoms with Gasteiger partial charge in [-0.15, -0.1) is 0 Å². The first-order valence-electron chi connectivity index (χ1n) is 7.66. The topological polar surface area (TPSA) is 119 Å². The normalized spacial score (nSPS) is 16.7. The van der Waals surface area contributed by atoms with Crippen LogP contribution in [0.3, 0.4) is 0 Å². The number of piperidine rings is 1. The molecular formula is C14H18ClN4O4P. The molecule has 1 fully saturated rings. The maximum absolute atomic E-state index is 11.6. The van der Waals surface area contributed by atoms with Gasteiger partial charge in [0.15, 0.2) is 0 Å². The number of halogens is 1. The Morgan fingerprint density at radius 3 is 2.71 bits per heavy atom. The second-order valence-corrected chi connectivity index (χ2v) is 8.20. The molecule has 1 aliphatic rings. The maximum atomic E-state index is 11.6. The van der Waals surface area contributed by atoms with E-state index in [-0.39, 0.29) is 16.7 Å². The highest BCUT2D eigenvalue weighted by Crippen LogP contribution is 2.38. The van der Waals surface area contributed by atoms with Crippen molar-refractivity contribution in [3.05, 3.63) is 27.8 Å². The van der Waals surface area contributed by atoms with Crippen LogP contribution < -0.4 is 10.5 Å². The van der Waals surface area contributed by atoms with Crippen molar-refractivity contribution in [3.8, 4) is 0 Å².